The lowest BCUT2D eigenvalue weighted by Crippen LogP contribution is -2.47. The smallest absolute Gasteiger partial charge is 0.271 e. The first kappa shape index (κ1) is 23.1. The number of nitro benzene ring substituents is 1. The van der Waals surface area contributed by atoms with E-state index in [1.165, 1.54) is 39.9 Å². The molecule has 1 saturated heterocycles. The van der Waals surface area contributed by atoms with Gasteiger partial charge in [-0.3, -0.25) is 14.9 Å². The third kappa shape index (κ3) is 4.25. The third-order valence-electron chi connectivity index (χ3n) is 5.25. The number of sulfonamides is 1. The highest BCUT2D eigenvalue weighted by molar-refractivity contribution is 7.91. The van der Waals surface area contributed by atoms with Gasteiger partial charge in [-0.2, -0.15) is 9.30 Å². The largest absolute Gasteiger partial charge is 0.316 e. The molecule has 1 unspecified atom stereocenters. The van der Waals surface area contributed by atoms with Crippen LogP contribution in [0.15, 0.2) is 39.5 Å². The predicted octanol–water partition coefficient (Wildman–Crippen LogP) is 4.02. The van der Waals surface area contributed by atoms with Crippen LogP contribution in [0, 0.1) is 10.1 Å². The Morgan fingerprint density at radius 1 is 1.28 bits per heavy atom. The highest BCUT2D eigenvalue weighted by Crippen LogP contribution is 2.32. The topological polar surface area (TPSA) is 115 Å². The molecule has 2 aromatic heterocycles. The zero-order chi connectivity index (χ0) is 23.0. The van der Waals surface area contributed by atoms with E-state index in [0.29, 0.717) is 34.0 Å². The van der Waals surface area contributed by atoms with Gasteiger partial charge in [0.1, 0.15) is 10.3 Å². The third-order valence-corrected chi connectivity index (χ3v) is 9.91. The van der Waals surface area contributed by atoms with Crippen molar-refractivity contribution in [1.29, 1.82) is 0 Å². The molecule has 0 bridgehead atoms. The van der Waals surface area contributed by atoms with Gasteiger partial charge in [-0.05, 0) is 38.0 Å². The molecule has 4 rings (SSSR count). The first-order chi connectivity index (χ1) is 15.2. The van der Waals surface area contributed by atoms with Crippen molar-refractivity contribution < 1.29 is 18.1 Å². The van der Waals surface area contributed by atoms with Gasteiger partial charge in [-0.1, -0.05) is 29.4 Å². The van der Waals surface area contributed by atoms with Gasteiger partial charge in [0.2, 0.25) is 0 Å². The van der Waals surface area contributed by atoms with Gasteiger partial charge in [0.05, 0.1) is 19.5 Å². The van der Waals surface area contributed by atoms with Crippen LogP contribution >= 0.6 is 34.3 Å². The van der Waals surface area contributed by atoms with Crippen LogP contribution in [-0.4, -0.2) is 40.7 Å². The number of benzene rings is 1. The molecule has 1 atom stereocenters. The van der Waals surface area contributed by atoms with E-state index in [2.05, 4.69) is 4.99 Å². The molecule has 1 aliphatic heterocycles. The fourth-order valence-corrected chi connectivity index (χ4v) is 8.06. The number of aryl methyl sites for hydroxylation is 1. The lowest BCUT2D eigenvalue weighted by Gasteiger charge is -2.31. The van der Waals surface area contributed by atoms with Crippen LogP contribution in [0.1, 0.15) is 26.2 Å². The van der Waals surface area contributed by atoms with Crippen LogP contribution in [0.3, 0.4) is 0 Å². The molecule has 1 aromatic carbocycles. The Kier molecular flexibility index (Phi) is 6.50. The molecular formula is C19H19ClN4O5S3. The van der Waals surface area contributed by atoms with Gasteiger partial charge < -0.3 is 4.57 Å². The molecule has 1 amide bonds. The average Bonchev–Trinajstić information content (AvgIpc) is 3.36. The Morgan fingerprint density at radius 2 is 2.06 bits per heavy atom. The van der Waals surface area contributed by atoms with Crippen molar-refractivity contribution in [2.24, 2.45) is 4.99 Å². The molecule has 0 saturated carbocycles. The van der Waals surface area contributed by atoms with Crippen molar-refractivity contribution in [2.75, 3.05) is 6.54 Å². The number of piperidine rings is 1. The number of carbonyl (C=O) groups excluding carboxylic acids is 1. The standard InChI is InChI=1S/C19H19ClN4O5S3/c1-2-22-14-11-12(24(26)27)6-7-15(14)30-19(22)21-18(25)13-5-3-4-10-23(13)32(28,29)17-9-8-16(20)31-17/h6-9,11,13H,2-5,10H2,1H3. The minimum absolute atomic E-state index is 0.0467. The average molecular weight is 515 g/mol. The Bertz CT molecular complexity index is 1380. The maximum absolute atomic E-state index is 13.2. The SMILES string of the molecule is CCn1c(=NC(=O)C2CCCCN2S(=O)(=O)c2ccc(Cl)s2)sc2ccc([N+](=O)[O-])cc21. The summed E-state index contributed by atoms with van der Waals surface area (Å²) >= 11 is 8.12. The molecule has 0 aliphatic carbocycles. The molecule has 0 spiro atoms. The van der Waals surface area contributed by atoms with Gasteiger partial charge in [0.15, 0.2) is 4.80 Å². The minimum atomic E-state index is -3.87. The van der Waals surface area contributed by atoms with E-state index in [-0.39, 0.29) is 16.4 Å². The zero-order valence-corrected chi connectivity index (χ0v) is 20.1. The van der Waals surface area contributed by atoms with E-state index in [9.17, 15) is 23.3 Å². The maximum atomic E-state index is 13.2. The maximum Gasteiger partial charge on any atom is 0.271 e. The number of hydrogen-bond acceptors (Lipinski definition) is 7. The summed E-state index contributed by atoms with van der Waals surface area (Å²) < 4.78 is 30.5. The van der Waals surface area contributed by atoms with Crippen LogP contribution in [0.5, 0.6) is 0 Å². The zero-order valence-electron chi connectivity index (χ0n) is 16.9. The highest BCUT2D eigenvalue weighted by Gasteiger charge is 2.38. The molecule has 0 N–H and O–H groups in total. The lowest BCUT2D eigenvalue weighted by atomic mass is 10.0. The second kappa shape index (κ2) is 9.02. The van der Waals surface area contributed by atoms with Crippen molar-refractivity contribution >= 4 is 66.1 Å². The minimum Gasteiger partial charge on any atom is -0.316 e. The quantitative estimate of drug-likeness (QED) is 0.376. The number of thiophene rings is 1. The van der Waals surface area contributed by atoms with Crippen molar-refractivity contribution in [2.45, 2.75) is 43.0 Å². The number of aromatic nitrogens is 1. The number of halogens is 1. The Labute approximate surface area is 196 Å². The molecule has 1 fully saturated rings. The summed E-state index contributed by atoms with van der Waals surface area (Å²) in [5.41, 5.74) is 0.564. The molecule has 32 heavy (non-hydrogen) atoms. The van der Waals surface area contributed by atoms with Crippen molar-refractivity contribution in [3.8, 4) is 0 Å². The number of hydrogen-bond donors (Lipinski definition) is 0. The number of rotatable bonds is 5. The molecule has 0 radical (unpaired) electrons. The summed E-state index contributed by atoms with van der Waals surface area (Å²) in [7, 11) is -3.87. The molecule has 1 aliphatic rings. The summed E-state index contributed by atoms with van der Waals surface area (Å²) in [5.74, 6) is -0.542. The van der Waals surface area contributed by atoms with Crippen LogP contribution in [0.4, 0.5) is 5.69 Å². The number of amides is 1. The Hall–Kier alpha value is -2.12. The Morgan fingerprint density at radius 3 is 2.72 bits per heavy atom. The molecule has 3 aromatic rings. The van der Waals surface area contributed by atoms with Gasteiger partial charge in [0, 0.05) is 25.2 Å². The summed E-state index contributed by atoms with van der Waals surface area (Å²) in [6, 6.07) is 6.55. The normalized spacial score (nSPS) is 18.3. The summed E-state index contributed by atoms with van der Waals surface area (Å²) in [6.45, 7) is 2.54. The van der Waals surface area contributed by atoms with Crippen LogP contribution in [0.2, 0.25) is 4.34 Å². The van der Waals surface area contributed by atoms with Crippen molar-refractivity contribution in [3.05, 3.63) is 49.6 Å². The number of fused-ring (bicyclic) bond motifs is 1. The molecule has 13 heteroatoms. The van der Waals surface area contributed by atoms with Gasteiger partial charge in [-0.15, -0.1) is 11.3 Å². The van der Waals surface area contributed by atoms with E-state index < -0.39 is 26.9 Å². The summed E-state index contributed by atoms with van der Waals surface area (Å²) in [5, 5.41) is 11.1. The monoisotopic (exact) mass is 514 g/mol. The number of carbonyl (C=O) groups is 1. The number of nitro groups is 1. The predicted molar refractivity (Wildman–Crippen MR) is 124 cm³/mol. The van der Waals surface area contributed by atoms with Gasteiger partial charge >= 0.3 is 0 Å². The first-order valence-corrected chi connectivity index (χ1v) is 13.3. The molecule has 170 valence electrons. The fraction of sp³-hybridized carbons (Fsp3) is 0.368. The second-order valence-corrected chi connectivity index (χ2v) is 12.0. The Balaban J connectivity index is 1.74. The van der Waals surface area contributed by atoms with Gasteiger partial charge in [-0.25, -0.2) is 8.42 Å². The van der Waals surface area contributed by atoms with Crippen LogP contribution in [0.25, 0.3) is 10.2 Å². The molecular weight excluding hydrogens is 496 g/mol. The van der Waals surface area contributed by atoms with E-state index in [0.717, 1.165) is 22.5 Å². The summed E-state index contributed by atoms with van der Waals surface area (Å²) in [6.07, 6.45) is 1.75. The molecule has 9 nitrogen and oxygen atoms in total. The highest BCUT2D eigenvalue weighted by atomic mass is 35.5. The van der Waals surface area contributed by atoms with E-state index in [4.69, 9.17) is 11.6 Å². The lowest BCUT2D eigenvalue weighted by molar-refractivity contribution is -0.384. The summed E-state index contributed by atoms with van der Waals surface area (Å²) in [4.78, 5) is 28.5. The fourth-order valence-electron chi connectivity index (χ4n) is 3.72. The van der Waals surface area contributed by atoms with E-state index in [1.54, 1.807) is 10.6 Å². The first-order valence-electron chi connectivity index (χ1n) is 9.86. The number of thiazole rings is 1. The van der Waals surface area contributed by atoms with Crippen molar-refractivity contribution in [3.63, 3.8) is 0 Å². The van der Waals surface area contributed by atoms with Crippen molar-refractivity contribution in [1.82, 2.24) is 8.87 Å². The van der Waals surface area contributed by atoms with Crippen LogP contribution < -0.4 is 4.80 Å². The molecule has 3 heterocycles. The van der Waals surface area contributed by atoms with Gasteiger partial charge in [0.25, 0.3) is 21.6 Å². The van der Waals surface area contributed by atoms with E-state index in [1.807, 2.05) is 6.92 Å². The number of non-ortho nitro benzene ring substituents is 1. The number of nitrogens with zero attached hydrogens (tertiary/aromatic N) is 4. The van der Waals surface area contributed by atoms with Crippen LogP contribution in [-0.2, 0) is 21.4 Å². The second-order valence-electron chi connectivity index (χ2n) is 7.17. The van der Waals surface area contributed by atoms with E-state index >= 15 is 0 Å².